The molecule has 1 N–H and O–H groups in total. The number of hydrogen-bond acceptors (Lipinski definition) is 5. The van der Waals surface area contributed by atoms with Gasteiger partial charge in [0.25, 0.3) is 5.22 Å². The van der Waals surface area contributed by atoms with Crippen LogP contribution in [-0.2, 0) is 6.54 Å². The minimum absolute atomic E-state index is 0.584. The molecule has 0 radical (unpaired) electrons. The van der Waals surface area contributed by atoms with E-state index in [9.17, 15) is 0 Å². The maximum Gasteiger partial charge on any atom is 0.281 e. The first-order valence-electron chi connectivity index (χ1n) is 5.00. The summed E-state index contributed by atoms with van der Waals surface area (Å²) in [6.07, 6.45) is 0. The summed E-state index contributed by atoms with van der Waals surface area (Å²) in [7, 11) is 1.93. The van der Waals surface area contributed by atoms with E-state index in [2.05, 4.69) is 27.6 Å². The van der Waals surface area contributed by atoms with Crippen LogP contribution >= 0.6 is 11.8 Å². The van der Waals surface area contributed by atoms with E-state index in [4.69, 9.17) is 4.42 Å². The van der Waals surface area contributed by atoms with Gasteiger partial charge in [0, 0.05) is 18.4 Å². The Morgan fingerprint density at radius 2 is 2.12 bits per heavy atom. The minimum atomic E-state index is 0.584. The second-order valence-electron chi connectivity index (χ2n) is 3.33. The smallest absolute Gasteiger partial charge is 0.281 e. The van der Waals surface area contributed by atoms with Crippen molar-refractivity contribution >= 4 is 11.8 Å². The maximum atomic E-state index is 5.34. The third kappa shape index (κ3) is 2.62. The van der Waals surface area contributed by atoms with Crippen LogP contribution in [0.15, 0.2) is 38.8 Å². The fourth-order valence-corrected chi connectivity index (χ4v) is 2.20. The van der Waals surface area contributed by atoms with Crippen molar-refractivity contribution in [1.82, 2.24) is 15.5 Å². The molecule has 0 fully saturated rings. The highest BCUT2D eigenvalue weighted by Gasteiger charge is 2.08. The second kappa shape index (κ2) is 5.14. The molecule has 0 amide bonds. The Morgan fingerprint density at radius 3 is 2.81 bits per heavy atom. The van der Waals surface area contributed by atoms with Crippen LogP contribution < -0.4 is 5.32 Å². The number of benzene rings is 1. The molecule has 16 heavy (non-hydrogen) atoms. The first-order valence-corrected chi connectivity index (χ1v) is 5.81. The molecular weight excluding hydrogens is 222 g/mol. The van der Waals surface area contributed by atoms with Gasteiger partial charge in [0.05, 0.1) is 0 Å². The van der Waals surface area contributed by atoms with Gasteiger partial charge in [-0.15, -0.1) is 10.2 Å². The highest BCUT2D eigenvalue weighted by Crippen LogP contribution is 2.29. The topological polar surface area (TPSA) is 51.0 Å². The summed E-state index contributed by atoms with van der Waals surface area (Å²) in [6, 6.07) is 8.17. The average molecular weight is 235 g/mol. The van der Waals surface area contributed by atoms with E-state index in [1.165, 1.54) is 17.3 Å². The largest absolute Gasteiger partial charge is 0.416 e. The first kappa shape index (κ1) is 11.2. The summed E-state index contributed by atoms with van der Waals surface area (Å²) in [5.41, 5.74) is 1.23. The number of nitrogens with zero attached hydrogens (tertiary/aromatic N) is 2. The van der Waals surface area contributed by atoms with Gasteiger partial charge in [0.2, 0.25) is 5.89 Å². The van der Waals surface area contributed by atoms with Crippen LogP contribution in [0, 0.1) is 6.92 Å². The summed E-state index contributed by atoms with van der Waals surface area (Å²) in [4.78, 5) is 1.14. The molecule has 84 valence electrons. The molecule has 0 aliphatic heterocycles. The number of aromatic nitrogens is 2. The molecule has 0 bridgehead atoms. The Morgan fingerprint density at radius 1 is 1.31 bits per heavy atom. The number of nitrogens with one attached hydrogen (secondary N) is 1. The molecule has 2 rings (SSSR count). The lowest BCUT2D eigenvalue weighted by Gasteiger charge is -2.05. The van der Waals surface area contributed by atoms with Crippen molar-refractivity contribution in [2.45, 2.75) is 23.6 Å². The molecule has 0 aliphatic carbocycles. The summed E-state index contributed by atoms with van der Waals surface area (Å²) in [6.45, 7) is 2.62. The van der Waals surface area contributed by atoms with Crippen molar-refractivity contribution in [3.05, 3.63) is 35.7 Å². The summed E-state index contributed by atoms with van der Waals surface area (Å²) < 4.78 is 5.34. The molecule has 1 heterocycles. The molecule has 0 saturated heterocycles. The van der Waals surface area contributed by atoms with Crippen molar-refractivity contribution in [2.24, 2.45) is 0 Å². The van der Waals surface area contributed by atoms with Gasteiger partial charge in [0.15, 0.2) is 0 Å². The van der Waals surface area contributed by atoms with E-state index < -0.39 is 0 Å². The lowest BCUT2D eigenvalue weighted by Crippen LogP contribution is -2.05. The molecule has 0 spiro atoms. The third-order valence-corrected chi connectivity index (χ3v) is 3.00. The average Bonchev–Trinajstić information content (AvgIpc) is 2.67. The van der Waals surface area contributed by atoms with Crippen LogP contribution in [0.5, 0.6) is 0 Å². The predicted molar refractivity (Wildman–Crippen MR) is 62.4 cm³/mol. The zero-order valence-corrected chi connectivity index (χ0v) is 10.0. The minimum Gasteiger partial charge on any atom is -0.416 e. The van der Waals surface area contributed by atoms with Crippen LogP contribution in [0.25, 0.3) is 0 Å². The molecule has 0 saturated carbocycles. The predicted octanol–water partition coefficient (Wildman–Crippen LogP) is 2.25. The van der Waals surface area contributed by atoms with E-state index in [1.54, 1.807) is 6.92 Å². The number of hydrogen-bond donors (Lipinski definition) is 1. The Bertz CT molecular complexity index is 470. The lowest BCUT2D eigenvalue weighted by atomic mass is 10.2. The van der Waals surface area contributed by atoms with Gasteiger partial charge in [-0.3, -0.25) is 0 Å². The van der Waals surface area contributed by atoms with Gasteiger partial charge in [0.1, 0.15) is 0 Å². The van der Waals surface area contributed by atoms with Gasteiger partial charge < -0.3 is 9.73 Å². The monoisotopic (exact) mass is 235 g/mol. The highest BCUT2D eigenvalue weighted by molar-refractivity contribution is 7.99. The van der Waals surface area contributed by atoms with Crippen molar-refractivity contribution in [3.8, 4) is 0 Å². The van der Waals surface area contributed by atoms with E-state index in [-0.39, 0.29) is 0 Å². The van der Waals surface area contributed by atoms with Crippen LogP contribution in [0.1, 0.15) is 11.5 Å². The fraction of sp³-hybridized carbons (Fsp3) is 0.273. The fourth-order valence-electron chi connectivity index (χ4n) is 1.35. The van der Waals surface area contributed by atoms with E-state index in [0.29, 0.717) is 11.1 Å². The Balaban J connectivity index is 2.20. The molecule has 0 atom stereocenters. The standard InChI is InChI=1S/C11H13N3OS/c1-8-13-14-11(15-8)16-10-6-4-3-5-9(10)7-12-2/h3-6,12H,7H2,1-2H3. The zero-order chi connectivity index (χ0) is 11.4. The normalized spacial score (nSPS) is 10.6. The van der Waals surface area contributed by atoms with Gasteiger partial charge >= 0.3 is 0 Å². The van der Waals surface area contributed by atoms with Gasteiger partial charge in [-0.05, 0) is 30.4 Å². The van der Waals surface area contributed by atoms with Crippen molar-refractivity contribution in [2.75, 3.05) is 7.05 Å². The van der Waals surface area contributed by atoms with Crippen molar-refractivity contribution in [1.29, 1.82) is 0 Å². The van der Waals surface area contributed by atoms with Crippen molar-refractivity contribution in [3.63, 3.8) is 0 Å². The van der Waals surface area contributed by atoms with Crippen LogP contribution in [0.2, 0.25) is 0 Å². The summed E-state index contributed by atoms with van der Waals surface area (Å²) in [5, 5.41) is 11.5. The molecule has 5 heteroatoms. The van der Waals surface area contributed by atoms with Gasteiger partial charge in [-0.25, -0.2) is 0 Å². The van der Waals surface area contributed by atoms with E-state index >= 15 is 0 Å². The van der Waals surface area contributed by atoms with Gasteiger partial charge in [-0.1, -0.05) is 18.2 Å². The highest BCUT2D eigenvalue weighted by atomic mass is 32.2. The van der Waals surface area contributed by atoms with E-state index in [1.807, 2.05) is 19.2 Å². The number of aryl methyl sites for hydroxylation is 1. The summed E-state index contributed by atoms with van der Waals surface area (Å²) in [5.74, 6) is 0.591. The van der Waals surface area contributed by atoms with Crippen LogP contribution in [-0.4, -0.2) is 17.2 Å². The molecule has 0 aliphatic rings. The first-order chi connectivity index (χ1) is 7.79. The Labute approximate surface area is 98.5 Å². The molecule has 1 aromatic heterocycles. The second-order valence-corrected chi connectivity index (χ2v) is 4.32. The van der Waals surface area contributed by atoms with E-state index in [0.717, 1.165) is 11.4 Å². The van der Waals surface area contributed by atoms with Crippen LogP contribution in [0.3, 0.4) is 0 Å². The zero-order valence-electron chi connectivity index (χ0n) is 9.23. The Hall–Kier alpha value is -1.33. The molecule has 1 aromatic carbocycles. The maximum absolute atomic E-state index is 5.34. The third-order valence-electron chi connectivity index (χ3n) is 2.04. The summed E-state index contributed by atoms with van der Waals surface area (Å²) >= 11 is 1.49. The molecule has 0 unspecified atom stereocenters. The SMILES string of the molecule is CNCc1ccccc1Sc1nnc(C)o1. The molecule has 4 nitrogen and oxygen atoms in total. The van der Waals surface area contributed by atoms with Crippen molar-refractivity contribution < 1.29 is 4.42 Å². The molecule has 2 aromatic rings. The van der Waals surface area contributed by atoms with Crippen LogP contribution in [0.4, 0.5) is 0 Å². The number of rotatable bonds is 4. The Kier molecular flexibility index (Phi) is 3.58. The molecular formula is C11H13N3OS. The van der Waals surface area contributed by atoms with Gasteiger partial charge in [-0.2, -0.15) is 0 Å². The lowest BCUT2D eigenvalue weighted by molar-refractivity contribution is 0.429. The quantitative estimate of drug-likeness (QED) is 0.880.